The number of carbonyl (C=O) groups excluding carboxylic acids is 1. The highest BCUT2D eigenvalue weighted by Crippen LogP contribution is 2.28. The largest absolute Gasteiger partial charge is 0.345 e. The molecule has 8 nitrogen and oxygen atoms in total. The molecule has 0 spiro atoms. The fraction of sp³-hybridized carbons (Fsp3) is 0.150. The summed E-state index contributed by atoms with van der Waals surface area (Å²) in [6, 6.07) is 16.5. The fourth-order valence-corrected chi connectivity index (χ4v) is 4.52. The number of anilines is 1. The van der Waals surface area contributed by atoms with Crippen LogP contribution in [0.4, 0.5) is 5.69 Å². The molecule has 0 bridgehead atoms. The van der Waals surface area contributed by atoms with Gasteiger partial charge in [-0.25, -0.2) is 8.42 Å². The average molecular weight is 443 g/mol. The number of amides is 1. The van der Waals surface area contributed by atoms with Gasteiger partial charge in [-0.15, -0.1) is 11.3 Å². The number of fused-ring (bicyclic) bond motifs is 1. The molecule has 10 heteroatoms. The van der Waals surface area contributed by atoms with Crippen molar-refractivity contribution in [3.63, 3.8) is 0 Å². The van der Waals surface area contributed by atoms with Crippen molar-refractivity contribution in [2.45, 2.75) is 6.54 Å². The molecule has 0 saturated carbocycles. The number of hydrogen-bond donors (Lipinski definition) is 1. The Hall–Kier alpha value is -3.24. The number of hydrogen-bond acceptors (Lipinski definition) is 7. The maximum absolute atomic E-state index is 12.5. The van der Waals surface area contributed by atoms with Crippen LogP contribution in [0, 0.1) is 0 Å². The molecule has 0 unspecified atom stereocenters. The summed E-state index contributed by atoms with van der Waals surface area (Å²) in [6.07, 6.45) is 1.08. The molecule has 154 valence electrons. The van der Waals surface area contributed by atoms with E-state index in [0.29, 0.717) is 11.5 Å². The lowest BCUT2D eigenvalue weighted by Gasteiger charge is -2.23. The third-order valence-corrected chi connectivity index (χ3v) is 6.36. The molecule has 2 aromatic carbocycles. The number of rotatable bonds is 7. The SMILES string of the molecule is CS(=O)(=O)N(CC(=O)NCc1nc(-c2cccs2)no1)c1cccc2ccccc12. The number of benzene rings is 2. The van der Waals surface area contributed by atoms with Gasteiger partial charge in [-0.05, 0) is 22.9 Å². The van der Waals surface area contributed by atoms with Gasteiger partial charge < -0.3 is 9.84 Å². The molecule has 0 atom stereocenters. The second-order valence-electron chi connectivity index (χ2n) is 6.53. The summed E-state index contributed by atoms with van der Waals surface area (Å²) >= 11 is 1.48. The highest BCUT2D eigenvalue weighted by Gasteiger charge is 2.23. The number of sulfonamides is 1. The second-order valence-corrected chi connectivity index (χ2v) is 9.39. The van der Waals surface area contributed by atoms with Gasteiger partial charge in [0.15, 0.2) is 0 Å². The van der Waals surface area contributed by atoms with Crippen LogP contribution >= 0.6 is 11.3 Å². The van der Waals surface area contributed by atoms with Crippen LogP contribution in [0.25, 0.3) is 21.5 Å². The second kappa shape index (κ2) is 8.25. The number of aromatic nitrogens is 2. The summed E-state index contributed by atoms with van der Waals surface area (Å²) in [7, 11) is -3.69. The first kappa shape index (κ1) is 20.0. The summed E-state index contributed by atoms with van der Waals surface area (Å²) in [5.74, 6) is 0.204. The lowest BCUT2D eigenvalue weighted by Crippen LogP contribution is -2.40. The predicted octanol–water partition coefficient (Wildman–Crippen LogP) is 3.03. The lowest BCUT2D eigenvalue weighted by atomic mass is 10.1. The van der Waals surface area contributed by atoms with Crippen LogP contribution in [-0.4, -0.2) is 37.3 Å². The average Bonchev–Trinajstić information content (AvgIpc) is 3.41. The van der Waals surface area contributed by atoms with Gasteiger partial charge in [0.2, 0.25) is 27.6 Å². The first-order chi connectivity index (χ1) is 14.4. The van der Waals surface area contributed by atoms with E-state index in [2.05, 4.69) is 15.5 Å². The molecule has 0 radical (unpaired) electrons. The van der Waals surface area contributed by atoms with Crippen molar-refractivity contribution < 1.29 is 17.7 Å². The smallest absolute Gasteiger partial charge is 0.246 e. The van der Waals surface area contributed by atoms with Crippen LogP contribution in [0.3, 0.4) is 0 Å². The Kier molecular flexibility index (Phi) is 5.51. The monoisotopic (exact) mass is 442 g/mol. The minimum absolute atomic E-state index is 0.00431. The molecule has 4 aromatic rings. The summed E-state index contributed by atoms with van der Waals surface area (Å²) in [4.78, 5) is 17.6. The first-order valence-corrected chi connectivity index (χ1v) is 11.7. The third-order valence-electron chi connectivity index (χ3n) is 4.37. The van der Waals surface area contributed by atoms with Crippen molar-refractivity contribution in [1.29, 1.82) is 0 Å². The Morgan fingerprint density at radius 3 is 2.70 bits per heavy atom. The molecule has 1 N–H and O–H groups in total. The van der Waals surface area contributed by atoms with E-state index in [1.165, 1.54) is 11.3 Å². The Morgan fingerprint density at radius 1 is 1.13 bits per heavy atom. The van der Waals surface area contributed by atoms with E-state index >= 15 is 0 Å². The molecular weight excluding hydrogens is 424 g/mol. The van der Waals surface area contributed by atoms with E-state index in [4.69, 9.17) is 4.52 Å². The third kappa shape index (κ3) is 4.34. The Bertz CT molecular complexity index is 1280. The van der Waals surface area contributed by atoms with Gasteiger partial charge in [0, 0.05) is 5.39 Å². The van der Waals surface area contributed by atoms with Crippen molar-refractivity contribution in [2.24, 2.45) is 0 Å². The quantitative estimate of drug-likeness (QED) is 0.472. The van der Waals surface area contributed by atoms with Crippen molar-refractivity contribution in [3.8, 4) is 10.7 Å². The summed E-state index contributed by atoms with van der Waals surface area (Å²) in [5, 5.41) is 10.1. The van der Waals surface area contributed by atoms with Gasteiger partial charge >= 0.3 is 0 Å². The molecule has 4 rings (SSSR count). The lowest BCUT2D eigenvalue weighted by molar-refractivity contribution is -0.119. The normalized spacial score (nSPS) is 11.5. The van der Waals surface area contributed by atoms with E-state index in [-0.39, 0.29) is 19.0 Å². The maximum atomic E-state index is 12.5. The van der Waals surface area contributed by atoms with Gasteiger partial charge in [-0.3, -0.25) is 9.10 Å². The van der Waals surface area contributed by atoms with Crippen molar-refractivity contribution in [3.05, 3.63) is 65.9 Å². The number of thiophene rings is 1. The van der Waals surface area contributed by atoms with Crippen LogP contribution in [0.5, 0.6) is 0 Å². The van der Waals surface area contributed by atoms with E-state index < -0.39 is 15.9 Å². The molecule has 1 amide bonds. The maximum Gasteiger partial charge on any atom is 0.246 e. The first-order valence-electron chi connectivity index (χ1n) is 9.00. The standard InChI is InChI=1S/C20H18N4O4S2/c1-30(26,27)24(16-9-4-7-14-6-2-3-8-15(14)16)13-18(25)21-12-19-22-20(23-28-19)17-10-5-11-29-17/h2-11H,12-13H2,1H3,(H,21,25). The zero-order valence-corrected chi connectivity index (χ0v) is 17.6. The van der Waals surface area contributed by atoms with E-state index in [1.54, 1.807) is 12.1 Å². The highest BCUT2D eigenvalue weighted by molar-refractivity contribution is 7.92. The van der Waals surface area contributed by atoms with Crippen LogP contribution in [0.15, 0.2) is 64.5 Å². The predicted molar refractivity (Wildman–Crippen MR) is 116 cm³/mol. The van der Waals surface area contributed by atoms with Crippen LogP contribution in [-0.2, 0) is 21.4 Å². The molecule has 0 aliphatic rings. The molecule has 0 aliphatic heterocycles. The number of nitrogens with one attached hydrogen (secondary N) is 1. The van der Waals surface area contributed by atoms with Gasteiger partial charge in [0.1, 0.15) is 6.54 Å². The molecule has 0 saturated heterocycles. The number of nitrogens with zero attached hydrogens (tertiary/aromatic N) is 3. The summed E-state index contributed by atoms with van der Waals surface area (Å²) in [6.45, 7) is -0.358. The molecule has 2 aromatic heterocycles. The Labute approximate surface area is 177 Å². The van der Waals surface area contributed by atoms with Crippen LogP contribution < -0.4 is 9.62 Å². The van der Waals surface area contributed by atoms with Gasteiger partial charge in [0.25, 0.3) is 0 Å². The molecule has 0 aliphatic carbocycles. The van der Waals surface area contributed by atoms with E-state index in [1.807, 2.05) is 47.8 Å². The zero-order valence-electron chi connectivity index (χ0n) is 16.0. The molecular formula is C20H18N4O4S2. The van der Waals surface area contributed by atoms with Gasteiger partial charge in [0.05, 0.1) is 23.4 Å². The fourth-order valence-electron chi connectivity index (χ4n) is 3.00. The minimum Gasteiger partial charge on any atom is -0.345 e. The number of carbonyl (C=O) groups is 1. The van der Waals surface area contributed by atoms with Gasteiger partial charge in [-0.2, -0.15) is 4.98 Å². The molecule has 0 fully saturated rings. The molecule has 30 heavy (non-hydrogen) atoms. The minimum atomic E-state index is -3.69. The Morgan fingerprint density at radius 2 is 1.93 bits per heavy atom. The summed E-state index contributed by atoms with van der Waals surface area (Å²) in [5.41, 5.74) is 0.448. The van der Waals surface area contributed by atoms with E-state index in [9.17, 15) is 13.2 Å². The topological polar surface area (TPSA) is 105 Å². The zero-order chi connectivity index (χ0) is 21.1. The Balaban J connectivity index is 1.49. The van der Waals surface area contributed by atoms with E-state index in [0.717, 1.165) is 26.2 Å². The molecule has 2 heterocycles. The van der Waals surface area contributed by atoms with Crippen molar-refractivity contribution in [2.75, 3.05) is 17.1 Å². The van der Waals surface area contributed by atoms with Crippen LogP contribution in [0.2, 0.25) is 0 Å². The van der Waals surface area contributed by atoms with Crippen LogP contribution in [0.1, 0.15) is 5.89 Å². The summed E-state index contributed by atoms with van der Waals surface area (Å²) < 4.78 is 31.1. The van der Waals surface area contributed by atoms with Crippen molar-refractivity contribution in [1.82, 2.24) is 15.5 Å². The van der Waals surface area contributed by atoms with Gasteiger partial charge in [-0.1, -0.05) is 47.6 Å². The highest BCUT2D eigenvalue weighted by atomic mass is 32.2. The van der Waals surface area contributed by atoms with Crippen molar-refractivity contribution >= 4 is 43.7 Å².